The van der Waals surface area contributed by atoms with Crippen LogP contribution in [0.2, 0.25) is 5.02 Å². The number of rotatable bonds is 5. The van der Waals surface area contributed by atoms with Gasteiger partial charge in [-0.1, -0.05) is 41.6 Å². The minimum absolute atomic E-state index is 0.166. The Hall–Kier alpha value is -2.33. The van der Waals surface area contributed by atoms with Crippen LogP contribution in [0.5, 0.6) is 0 Å². The number of thioether (sulfide) groups is 1. The van der Waals surface area contributed by atoms with Crippen molar-refractivity contribution in [2.75, 3.05) is 32.4 Å². The first-order valence-corrected chi connectivity index (χ1v) is 12.7. The molecule has 0 spiro atoms. The number of amides is 1. The van der Waals surface area contributed by atoms with Gasteiger partial charge in [0.15, 0.2) is 5.16 Å². The normalized spacial score (nSPS) is 15.2. The van der Waals surface area contributed by atoms with Crippen molar-refractivity contribution in [1.82, 2.24) is 18.8 Å². The fourth-order valence-corrected chi connectivity index (χ4v) is 5.60. The minimum Gasteiger partial charge on any atom is -0.335 e. The molecule has 0 radical (unpaired) electrons. The van der Waals surface area contributed by atoms with Gasteiger partial charge in [0.05, 0.1) is 11.1 Å². The lowest BCUT2D eigenvalue weighted by atomic mass is 10.3. The number of para-hydroxylation sites is 1. The predicted octanol–water partition coefficient (Wildman–Crippen LogP) is 3.39. The predicted molar refractivity (Wildman–Crippen MR) is 121 cm³/mol. The summed E-state index contributed by atoms with van der Waals surface area (Å²) < 4.78 is 29.0. The Balaban J connectivity index is 1.52. The van der Waals surface area contributed by atoms with Gasteiger partial charge >= 0.3 is 0 Å². The van der Waals surface area contributed by atoms with E-state index in [9.17, 15) is 13.2 Å². The van der Waals surface area contributed by atoms with Crippen molar-refractivity contribution in [2.24, 2.45) is 0 Å². The van der Waals surface area contributed by atoms with Crippen LogP contribution in [0.4, 0.5) is 0 Å². The molecule has 31 heavy (non-hydrogen) atoms. The van der Waals surface area contributed by atoms with E-state index in [2.05, 4.69) is 4.98 Å². The summed E-state index contributed by atoms with van der Waals surface area (Å²) in [6.07, 6.45) is 3.49. The van der Waals surface area contributed by atoms with Crippen LogP contribution in [0.25, 0.3) is 5.69 Å². The van der Waals surface area contributed by atoms with Gasteiger partial charge in [0, 0.05) is 36.9 Å². The second-order valence-electron chi connectivity index (χ2n) is 6.95. The number of carbonyl (C=O) groups excluding carboxylic acids is 1. The number of aromatic nitrogens is 2. The zero-order valence-corrected chi connectivity index (χ0v) is 19.2. The number of benzene rings is 2. The molecule has 1 saturated heterocycles. The molecule has 1 amide bonds. The highest BCUT2D eigenvalue weighted by molar-refractivity contribution is 7.98. The largest absolute Gasteiger partial charge is 0.335 e. The van der Waals surface area contributed by atoms with Crippen molar-refractivity contribution < 1.29 is 13.2 Å². The molecular formula is C21H21ClN4O3S2. The Morgan fingerprint density at radius 2 is 1.65 bits per heavy atom. The van der Waals surface area contributed by atoms with Gasteiger partial charge in [-0.3, -0.25) is 9.36 Å². The summed E-state index contributed by atoms with van der Waals surface area (Å²) >= 11 is 7.33. The maximum Gasteiger partial charge on any atom is 0.272 e. The lowest BCUT2D eigenvalue weighted by Crippen LogP contribution is -2.50. The third-order valence-electron chi connectivity index (χ3n) is 5.12. The van der Waals surface area contributed by atoms with Gasteiger partial charge in [-0.15, -0.1) is 0 Å². The molecular weight excluding hydrogens is 456 g/mol. The molecule has 1 fully saturated rings. The molecule has 10 heteroatoms. The first kappa shape index (κ1) is 21.9. The number of piperazine rings is 1. The van der Waals surface area contributed by atoms with Crippen LogP contribution in [-0.2, 0) is 10.0 Å². The number of sulfonamides is 1. The molecule has 0 N–H and O–H groups in total. The van der Waals surface area contributed by atoms with Gasteiger partial charge in [-0.05, 0) is 42.7 Å². The van der Waals surface area contributed by atoms with Crippen molar-refractivity contribution >= 4 is 39.3 Å². The second-order valence-corrected chi connectivity index (χ2v) is 10.1. The van der Waals surface area contributed by atoms with Crippen molar-refractivity contribution in [2.45, 2.75) is 10.1 Å². The molecule has 162 valence electrons. The Labute approximate surface area is 190 Å². The molecule has 3 aromatic rings. The van der Waals surface area contributed by atoms with E-state index < -0.39 is 10.0 Å². The molecule has 1 aliphatic heterocycles. The first-order chi connectivity index (χ1) is 14.9. The van der Waals surface area contributed by atoms with Crippen molar-refractivity contribution in [3.8, 4) is 5.69 Å². The van der Waals surface area contributed by atoms with Gasteiger partial charge < -0.3 is 4.90 Å². The molecule has 4 rings (SSSR count). The van der Waals surface area contributed by atoms with E-state index in [4.69, 9.17) is 11.6 Å². The fourth-order valence-electron chi connectivity index (χ4n) is 3.51. The van der Waals surface area contributed by atoms with Gasteiger partial charge in [0.2, 0.25) is 10.0 Å². The summed E-state index contributed by atoms with van der Waals surface area (Å²) in [6, 6.07) is 15.7. The highest BCUT2D eigenvalue weighted by Crippen LogP contribution is 2.24. The highest BCUT2D eigenvalue weighted by atomic mass is 35.5. The number of hydrogen-bond donors (Lipinski definition) is 0. The third-order valence-corrected chi connectivity index (χ3v) is 7.94. The monoisotopic (exact) mass is 476 g/mol. The molecule has 0 aliphatic carbocycles. The lowest BCUT2D eigenvalue weighted by molar-refractivity contribution is 0.0689. The molecule has 2 aromatic carbocycles. The summed E-state index contributed by atoms with van der Waals surface area (Å²) in [5, 5.41) is 1.20. The summed E-state index contributed by atoms with van der Waals surface area (Å²) in [4.78, 5) is 19.5. The van der Waals surface area contributed by atoms with Crippen molar-refractivity contribution in [3.05, 3.63) is 71.5 Å². The molecule has 0 atom stereocenters. The minimum atomic E-state index is -3.63. The summed E-state index contributed by atoms with van der Waals surface area (Å²) in [7, 11) is -3.63. The fraction of sp³-hybridized carbons (Fsp3) is 0.238. The molecule has 0 bridgehead atoms. The van der Waals surface area contributed by atoms with E-state index in [0.29, 0.717) is 23.8 Å². The van der Waals surface area contributed by atoms with Gasteiger partial charge in [0.25, 0.3) is 5.91 Å². The van der Waals surface area contributed by atoms with Gasteiger partial charge in [-0.25, -0.2) is 13.4 Å². The van der Waals surface area contributed by atoms with Crippen LogP contribution in [-0.4, -0.2) is 65.5 Å². The zero-order chi connectivity index (χ0) is 22.0. The van der Waals surface area contributed by atoms with E-state index in [0.717, 1.165) is 10.8 Å². The third kappa shape index (κ3) is 4.36. The van der Waals surface area contributed by atoms with E-state index in [1.54, 1.807) is 23.2 Å². The standard InChI is InChI=1S/C21H21ClN4O3S2/c1-30-21-23-15-19(26(21)17-5-3-2-4-6-17)20(27)24-11-13-25(14-12-24)31(28,29)18-9-7-16(22)8-10-18/h2-10,15H,11-14H2,1H3. The second kappa shape index (κ2) is 9.04. The average molecular weight is 477 g/mol. The lowest BCUT2D eigenvalue weighted by Gasteiger charge is -2.34. The van der Waals surface area contributed by atoms with E-state index >= 15 is 0 Å². The maximum atomic E-state index is 13.3. The maximum absolute atomic E-state index is 13.3. The van der Waals surface area contributed by atoms with Crippen LogP contribution in [0.15, 0.2) is 70.8 Å². The van der Waals surface area contributed by atoms with Crippen molar-refractivity contribution in [1.29, 1.82) is 0 Å². The van der Waals surface area contributed by atoms with E-state index in [1.165, 1.54) is 28.2 Å². The molecule has 1 aliphatic rings. The summed E-state index contributed by atoms with van der Waals surface area (Å²) in [6.45, 7) is 1.07. The molecule has 1 aromatic heterocycles. The van der Waals surface area contributed by atoms with Crippen LogP contribution < -0.4 is 0 Å². The van der Waals surface area contributed by atoms with Crippen LogP contribution in [0.3, 0.4) is 0 Å². The van der Waals surface area contributed by atoms with E-state index in [-0.39, 0.29) is 23.9 Å². The average Bonchev–Trinajstić information content (AvgIpc) is 3.24. The summed E-state index contributed by atoms with van der Waals surface area (Å²) in [5.41, 5.74) is 1.32. The first-order valence-electron chi connectivity index (χ1n) is 9.64. The van der Waals surface area contributed by atoms with E-state index in [1.807, 2.05) is 41.2 Å². The Morgan fingerprint density at radius 1 is 1.00 bits per heavy atom. The SMILES string of the molecule is CSc1ncc(C(=O)N2CCN(S(=O)(=O)c3ccc(Cl)cc3)CC2)n1-c1ccccc1. The highest BCUT2D eigenvalue weighted by Gasteiger charge is 2.31. The smallest absolute Gasteiger partial charge is 0.272 e. The topological polar surface area (TPSA) is 75.5 Å². The number of imidazole rings is 1. The van der Waals surface area contributed by atoms with Crippen LogP contribution in [0, 0.1) is 0 Å². The molecule has 0 unspecified atom stereocenters. The van der Waals surface area contributed by atoms with Gasteiger partial charge in [-0.2, -0.15) is 4.31 Å². The zero-order valence-electron chi connectivity index (χ0n) is 16.8. The number of hydrogen-bond acceptors (Lipinski definition) is 5. The van der Waals surface area contributed by atoms with Gasteiger partial charge in [0.1, 0.15) is 5.69 Å². The molecule has 7 nitrogen and oxygen atoms in total. The molecule has 2 heterocycles. The number of carbonyl (C=O) groups is 1. The van der Waals surface area contributed by atoms with Crippen LogP contribution in [0.1, 0.15) is 10.5 Å². The Morgan fingerprint density at radius 3 is 2.26 bits per heavy atom. The number of nitrogens with zero attached hydrogens (tertiary/aromatic N) is 4. The quantitative estimate of drug-likeness (QED) is 0.527. The number of halogens is 1. The van der Waals surface area contributed by atoms with Crippen LogP contribution >= 0.6 is 23.4 Å². The Kier molecular flexibility index (Phi) is 6.38. The van der Waals surface area contributed by atoms with Crippen molar-refractivity contribution in [3.63, 3.8) is 0 Å². The summed E-state index contributed by atoms with van der Waals surface area (Å²) in [5.74, 6) is -0.166. The Bertz CT molecular complexity index is 1170. The molecule has 0 saturated carbocycles.